The van der Waals surface area contributed by atoms with Crippen molar-refractivity contribution in [1.82, 2.24) is 4.90 Å². The Morgan fingerprint density at radius 3 is 2.29 bits per heavy atom. The van der Waals surface area contributed by atoms with Gasteiger partial charge in [-0.3, -0.25) is 14.9 Å². The quantitative estimate of drug-likeness (QED) is 0.399. The van der Waals surface area contributed by atoms with Crippen molar-refractivity contribution < 1.29 is 9.72 Å². The molecule has 0 atom stereocenters. The van der Waals surface area contributed by atoms with Gasteiger partial charge in [0.25, 0.3) is 11.6 Å². The molecular weight excluding hydrogens is 184 g/mol. The minimum Gasteiger partial charge on any atom is -0.335 e. The summed E-state index contributed by atoms with van der Waals surface area (Å²) in [6, 6.07) is 5.66. The molecule has 1 aromatic rings. The van der Waals surface area contributed by atoms with Crippen molar-refractivity contribution in [3.8, 4) is 0 Å². The summed E-state index contributed by atoms with van der Waals surface area (Å²) in [6.45, 7) is 1.58. The van der Waals surface area contributed by atoms with Crippen molar-refractivity contribution in [2.75, 3.05) is 13.1 Å². The van der Waals surface area contributed by atoms with Crippen LogP contribution in [0.15, 0.2) is 24.3 Å². The fourth-order valence-corrected chi connectivity index (χ4v) is 1.16. The number of nitrogens with zero attached hydrogens (tertiary/aromatic N) is 2. The maximum Gasteiger partial charge on any atom is 0.269 e. The summed E-state index contributed by atoms with van der Waals surface area (Å²) in [5.41, 5.74) is 0.514. The van der Waals surface area contributed by atoms with E-state index in [0.29, 0.717) is 5.56 Å². The van der Waals surface area contributed by atoms with E-state index in [1.54, 1.807) is 4.90 Å². The molecule has 0 unspecified atom stereocenters. The summed E-state index contributed by atoms with van der Waals surface area (Å²) in [5.74, 6) is -0.0557. The van der Waals surface area contributed by atoms with Crippen molar-refractivity contribution in [3.63, 3.8) is 0 Å². The first-order valence-electron chi connectivity index (χ1n) is 4.22. The number of benzene rings is 1. The van der Waals surface area contributed by atoms with Crippen molar-refractivity contribution >= 4 is 11.6 Å². The average molecular weight is 192 g/mol. The lowest BCUT2D eigenvalue weighted by Gasteiger charge is -2.00. The zero-order chi connectivity index (χ0) is 10.1. The normalized spacial score (nSPS) is 13.9. The fourth-order valence-electron chi connectivity index (χ4n) is 1.16. The third-order valence-corrected chi connectivity index (χ3v) is 2.06. The molecule has 5 nitrogen and oxygen atoms in total. The van der Waals surface area contributed by atoms with Gasteiger partial charge in [0.2, 0.25) is 0 Å². The van der Waals surface area contributed by atoms with E-state index in [9.17, 15) is 14.9 Å². The van der Waals surface area contributed by atoms with Crippen LogP contribution in [0.5, 0.6) is 0 Å². The van der Waals surface area contributed by atoms with Gasteiger partial charge < -0.3 is 4.90 Å². The number of carbonyl (C=O) groups is 1. The van der Waals surface area contributed by atoms with Gasteiger partial charge in [0.05, 0.1) is 4.92 Å². The van der Waals surface area contributed by atoms with E-state index in [2.05, 4.69) is 0 Å². The molecule has 5 heteroatoms. The average Bonchev–Trinajstić information content (AvgIpc) is 3.00. The molecule has 1 heterocycles. The highest BCUT2D eigenvalue weighted by atomic mass is 16.6. The Kier molecular flexibility index (Phi) is 1.92. The van der Waals surface area contributed by atoms with Gasteiger partial charge in [-0.05, 0) is 12.1 Å². The van der Waals surface area contributed by atoms with Gasteiger partial charge in [-0.25, -0.2) is 0 Å². The van der Waals surface area contributed by atoms with E-state index >= 15 is 0 Å². The standard InChI is InChI=1S/C9H8N2O3/c12-9(10-5-6-10)7-1-3-8(4-2-7)11(13)14/h1-4H,5-6H2. The van der Waals surface area contributed by atoms with E-state index < -0.39 is 4.92 Å². The second-order valence-electron chi connectivity index (χ2n) is 3.10. The molecule has 0 aromatic heterocycles. The second-order valence-corrected chi connectivity index (χ2v) is 3.10. The van der Waals surface area contributed by atoms with E-state index in [1.165, 1.54) is 24.3 Å². The number of nitro groups is 1. The van der Waals surface area contributed by atoms with Gasteiger partial charge in [0.1, 0.15) is 0 Å². The number of hydrogen-bond acceptors (Lipinski definition) is 3. The van der Waals surface area contributed by atoms with Gasteiger partial charge in [-0.15, -0.1) is 0 Å². The van der Waals surface area contributed by atoms with Crippen LogP contribution in [0.4, 0.5) is 5.69 Å². The number of carbonyl (C=O) groups excluding carboxylic acids is 1. The van der Waals surface area contributed by atoms with Gasteiger partial charge >= 0.3 is 0 Å². The molecule has 1 aromatic carbocycles. The lowest BCUT2D eigenvalue weighted by atomic mass is 10.2. The number of nitro benzene ring substituents is 1. The van der Waals surface area contributed by atoms with E-state index in [1.807, 2.05) is 0 Å². The SMILES string of the molecule is O=C(c1ccc([N+](=O)[O-])cc1)N1CC1. The summed E-state index contributed by atoms with van der Waals surface area (Å²) in [7, 11) is 0. The predicted octanol–water partition coefficient (Wildman–Crippen LogP) is 1.05. The number of non-ortho nitro benzene ring substituents is 1. The van der Waals surface area contributed by atoms with Crippen LogP contribution in [0.2, 0.25) is 0 Å². The molecule has 2 rings (SSSR count). The molecular formula is C9H8N2O3. The zero-order valence-corrected chi connectivity index (χ0v) is 7.34. The van der Waals surface area contributed by atoms with Gasteiger partial charge in [0, 0.05) is 30.8 Å². The highest BCUT2D eigenvalue weighted by molar-refractivity contribution is 5.95. The summed E-state index contributed by atoms with van der Waals surface area (Å²) in [5, 5.41) is 10.3. The Hall–Kier alpha value is -1.91. The molecule has 0 bridgehead atoms. The molecule has 1 saturated heterocycles. The molecule has 1 aliphatic rings. The first kappa shape index (κ1) is 8.68. The summed E-state index contributed by atoms with van der Waals surface area (Å²) in [4.78, 5) is 23.0. The Bertz CT molecular complexity index is 382. The Morgan fingerprint density at radius 1 is 1.29 bits per heavy atom. The van der Waals surface area contributed by atoms with Crippen LogP contribution in [0.1, 0.15) is 10.4 Å². The molecule has 0 saturated carbocycles. The molecule has 0 N–H and O–H groups in total. The minimum absolute atomic E-state index is 0.00680. The lowest BCUT2D eigenvalue weighted by Crippen LogP contribution is -2.10. The summed E-state index contributed by atoms with van der Waals surface area (Å²) in [6.07, 6.45) is 0. The molecule has 14 heavy (non-hydrogen) atoms. The Morgan fingerprint density at radius 2 is 1.86 bits per heavy atom. The monoisotopic (exact) mass is 192 g/mol. The van der Waals surface area contributed by atoms with Gasteiger partial charge in [-0.2, -0.15) is 0 Å². The van der Waals surface area contributed by atoms with Crippen LogP contribution < -0.4 is 0 Å². The number of rotatable bonds is 2. The first-order valence-corrected chi connectivity index (χ1v) is 4.22. The third-order valence-electron chi connectivity index (χ3n) is 2.06. The first-order chi connectivity index (χ1) is 6.68. The Balaban J connectivity index is 2.20. The number of amides is 1. The molecule has 0 aliphatic carbocycles. The van der Waals surface area contributed by atoms with Crippen LogP contribution in [0, 0.1) is 10.1 Å². The van der Waals surface area contributed by atoms with E-state index in [-0.39, 0.29) is 11.6 Å². The zero-order valence-electron chi connectivity index (χ0n) is 7.34. The fraction of sp³-hybridized carbons (Fsp3) is 0.222. The smallest absolute Gasteiger partial charge is 0.269 e. The molecule has 72 valence electrons. The van der Waals surface area contributed by atoms with E-state index in [4.69, 9.17) is 0 Å². The topological polar surface area (TPSA) is 63.2 Å². The van der Waals surface area contributed by atoms with Crippen LogP contribution in [-0.4, -0.2) is 28.8 Å². The number of hydrogen-bond donors (Lipinski definition) is 0. The van der Waals surface area contributed by atoms with Crippen LogP contribution in [-0.2, 0) is 0 Å². The molecule has 1 aliphatic heterocycles. The molecule has 1 amide bonds. The molecule has 0 radical (unpaired) electrons. The van der Waals surface area contributed by atoms with Gasteiger partial charge in [0.15, 0.2) is 0 Å². The van der Waals surface area contributed by atoms with Crippen molar-refractivity contribution in [3.05, 3.63) is 39.9 Å². The van der Waals surface area contributed by atoms with Crippen LogP contribution in [0.25, 0.3) is 0 Å². The van der Waals surface area contributed by atoms with Crippen LogP contribution in [0.3, 0.4) is 0 Å². The van der Waals surface area contributed by atoms with E-state index in [0.717, 1.165) is 13.1 Å². The van der Waals surface area contributed by atoms with Crippen molar-refractivity contribution in [2.24, 2.45) is 0 Å². The van der Waals surface area contributed by atoms with Crippen molar-refractivity contribution in [1.29, 1.82) is 0 Å². The molecule has 0 spiro atoms. The maximum absolute atomic E-state index is 11.4. The van der Waals surface area contributed by atoms with Gasteiger partial charge in [-0.1, -0.05) is 0 Å². The second kappa shape index (κ2) is 3.10. The largest absolute Gasteiger partial charge is 0.335 e. The van der Waals surface area contributed by atoms with Crippen molar-refractivity contribution in [2.45, 2.75) is 0 Å². The van der Waals surface area contributed by atoms with Crippen LogP contribution >= 0.6 is 0 Å². The Labute approximate surface area is 80.1 Å². The maximum atomic E-state index is 11.4. The lowest BCUT2D eigenvalue weighted by molar-refractivity contribution is -0.384. The summed E-state index contributed by atoms with van der Waals surface area (Å²) < 4.78 is 0. The highest BCUT2D eigenvalue weighted by Crippen LogP contribution is 2.16. The predicted molar refractivity (Wildman–Crippen MR) is 49.0 cm³/mol. The minimum atomic E-state index is -0.480. The third kappa shape index (κ3) is 1.56. The molecule has 1 fully saturated rings. The highest BCUT2D eigenvalue weighted by Gasteiger charge is 2.25. The summed E-state index contributed by atoms with van der Waals surface area (Å²) >= 11 is 0.